The Morgan fingerprint density at radius 3 is 2.76 bits per heavy atom. The average molecular weight is 310 g/mol. The van der Waals surface area contributed by atoms with Crippen LogP contribution < -0.4 is 11.1 Å². The fourth-order valence-corrected chi connectivity index (χ4v) is 3.39. The lowest BCUT2D eigenvalue weighted by molar-refractivity contribution is 0.329. The number of hydrogen-bond acceptors (Lipinski definition) is 6. The topological polar surface area (TPSA) is 101 Å². The van der Waals surface area contributed by atoms with Crippen LogP contribution in [0.25, 0.3) is 11.1 Å². The quantitative estimate of drug-likeness (QED) is 0.827. The Balaban J connectivity index is 1.67. The number of hydrogen-bond donors (Lipinski definition) is 2. The molecule has 1 saturated heterocycles. The van der Waals surface area contributed by atoms with Crippen molar-refractivity contribution in [3.63, 3.8) is 0 Å². The molecule has 0 saturated carbocycles. The predicted molar refractivity (Wildman–Crippen MR) is 81.5 cm³/mol. The summed E-state index contributed by atoms with van der Waals surface area (Å²) in [5.41, 5.74) is 7.75. The number of nitrogen functional groups attached to an aromatic ring is 1. The van der Waals surface area contributed by atoms with Gasteiger partial charge in [0.25, 0.3) is 6.01 Å². The number of aromatic nitrogens is 1. The van der Waals surface area contributed by atoms with Gasteiger partial charge in [-0.25, -0.2) is 12.7 Å². The first kappa shape index (κ1) is 14.2. The average Bonchev–Trinajstić information content (AvgIpc) is 2.79. The zero-order valence-corrected chi connectivity index (χ0v) is 12.6. The number of piperidine rings is 1. The van der Waals surface area contributed by atoms with Crippen LogP contribution in [0.2, 0.25) is 0 Å². The molecule has 2 heterocycles. The van der Waals surface area contributed by atoms with E-state index in [-0.39, 0.29) is 6.04 Å². The lowest BCUT2D eigenvalue weighted by Crippen LogP contribution is -2.41. The fraction of sp³-hybridized carbons (Fsp3) is 0.462. The summed E-state index contributed by atoms with van der Waals surface area (Å²) < 4.78 is 30.0. The van der Waals surface area contributed by atoms with Gasteiger partial charge in [0.15, 0.2) is 5.58 Å². The number of nitrogens with two attached hydrogens (primary N) is 1. The largest absolute Gasteiger partial charge is 0.424 e. The number of rotatable bonds is 3. The van der Waals surface area contributed by atoms with Gasteiger partial charge in [0.1, 0.15) is 5.52 Å². The molecule has 0 radical (unpaired) electrons. The highest BCUT2D eigenvalue weighted by Gasteiger charge is 2.25. The third kappa shape index (κ3) is 3.11. The van der Waals surface area contributed by atoms with Gasteiger partial charge in [-0.05, 0) is 31.0 Å². The molecule has 3 N–H and O–H groups in total. The fourth-order valence-electron chi connectivity index (χ4n) is 2.51. The number of sulfonamides is 1. The number of anilines is 2. The third-order valence-corrected chi connectivity index (χ3v) is 4.97. The monoisotopic (exact) mass is 310 g/mol. The Morgan fingerprint density at radius 1 is 1.38 bits per heavy atom. The molecule has 1 aliphatic heterocycles. The lowest BCUT2D eigenvalue weighted by Gasteiger charge is -2.30. The van der Waals surface area contributed by atoms with E-state index in [1.807, 2.05) is 0 Å². The van der Waals surface area contributed by atoms with Crippen molar-refractivity contribution in [2.24, 2.45) is 0 Å². The van der Waals surface area contributed by atoms with Crippen LogP contribution >= 0.6 is 0 Å². The van der Waals surface area contributed by atoms with E-state index in [1.54, 1.807) is 18.2 Å². The molecule has 0 amide bonds. The van der Waals surface area contributed by atoms with E-state index in [1.165, 1.54) is 10.6 Å². The van der Waals surface area contributed by atoms with Gasteiger partial charge in [-0.15, -0.1) is 0 Å². The van der Waals surface area contributed by atoms with Crippen LogP contribution in [-0.2, 0) is 10.0 Å². The Kier molecular flexibility index (Phi) is 3.50. The zero-order chi connectivity index (χ0) is 15.0. The molecule has 1 aromatic carbocycles. The minimum atomic E-state index is -3.09. The molecule has 1 fully saturated rings. The summed E-state index contributed by atoms with van der Waals surface area (Å²) in [7, 11) is -3.09. The summed E-state index contributed by atoms with van der Waals surface area (Å²) in [6.45, 7) is 1.04. The van der Waals surface area contributed by atoms with Gasteiger partial charge in [0.05, 0.1) is 6.26 Å². The second-order valence-corrected chi connectivity index (χ2v) is 7.31. The second kappa shape index (κ2) is 5.19. The number of fused-ring (bicyclic) bond motifs is 1. The minimum Gasteiger partial charge on any atom is -0.424 e. The molecule has 21 heavy (non-hydrogen) atoms. The van der Waals surface area contributed by atoms with E-state index in [0.29, 0.717) is 35.9 Å². The van der Waals surface area contributed by atoms with Gasteiger partial charge in [0.2, 0.25) is 10.0 Å². The van der Waals surface area contributed by atoms with Crippen LogP contribution in [0.5, 0.6) is 0 Å². The van der Waals surface area contributed by atoms with E-state index in [0.717, 1.165) is 12.8 Å². The first-order valence-corrected chi connectivity index (χ1v) is 8.64. The van der Waals surface area contributed by atoms with Crippen LogP contribution in [0.1, 0.15) is 12.8 Å². The van der Waals surface area contributed by atoms with Crippen molar-refractivity contribution in [2.45, 2.75) is 18.9 Å². The van der Waals surface area contributed by atoms with Crippen LogP contribution in [0.3, 0.4) is 0 Å². The Labute approximate surface area is 123 Å². The van der Waals surface area contributed by atoms with Gasteiger partial charge < -0.3 is 15.5 Å². The highest BCUT2D eigenvalue weighted by atomic mass is 32.2. The molecular formula is C13H18N4O3S. The molecule has 3 rings (SSSR count). The maximum atomic E-state index is 11.5. The van der Waals surface area contributed by atoms with E-state index >= 15 is 0 Å². The molecular weight excluding hydrogens is 292 g/mol. The molecule has 0 unspecified atom stereocenters. The molecule has 1 aromatic heterocycles. The van der Waals surface area contributed by atoms with Gasteiger partial charge in [0, 0.05) is 24.8 Å². The lowest BCUT2D eigenvalue weighted by atomic mass is 10.1. The number of benzene rings is 1. The van der Waals surface area contributed by atoms with Crippen molar-refractivity contribution in [2.75, 3.05) is 30.4 Å². The second-order valence-electron chi connectivity index (χ2n) is 5.33. The maximum Gasteiger partial charge on any atom is 0.295 e. The number of nitrogens with zero attached hydrogens (tertiary/aromatic N) is 2. The SMILES string of the molecule is CS(=O)(=O)N1CCC(Nc2nc3cc(N)ccc3o2)CC1. The molecule has 0 bridgehead atoms. The minimum absolute atomic E-state index is 0.161. The third-order valence-electron chi connectivity index (χ3n) is 3.66. The van der Waals surface area contributed by atoms with E-state index in [2.05, 4.69) is 10.3 Å². The Bertz CT molecular complexity index is 748. The van der Waals surface area contributed by atoms with Gasteiger partial charge in [-0.2, -0.15) is 4.98 Å². The number of nitrogens with one attached hydrogen (secondary N) is 1. The van der Waals surface area contributed by atoms with E-state index < -0.39 is 10.0 Å². The Morgan fingerprint density at radius 2 is 2.10 bits per heavy atom. The molecule has 1 aliphatic rings. The normalized spacial score (nSPS) is 18.1. The molecule has 0 spiro atoms. The van der Waals surface area contributed by atoms with Crippen molar-refractivity contribution < 1.29 is 12.8 Å². The predicted octanol–water partition coefficient (Wildman–Crippen LogP) is 1.25. The molecule has 0 atom stereocenters. The van der Waals surface area contributed by atoms with Gasteiger partial charge >= 0.3 is 0 Å². The van der Waals surface area contributed by atoms with Crippen molar-refractivity contribution in [3.05, 3.63) is 18.2 Å². The highest BCUT2D eigenvalue weighted by Crippen LogP contribution is 2.23. The molecule has 2 aromatic rings. The van der Waals surface area contributed by atoms with Crippen molar-refractivity contribution in [3.8, 4) is 0 Å². The smallest absolute Gasteiger partial charge is 0.295 e. The molecule has 7 nitrogen and oxygen atoms in total. The van der Waals surface area contributed by atoms with Crippen LogP contribution in [0.4, 0.5) is 11.7 Å². The first-order valence-electron chi connectivity index (χ1n) is 6.79. The summed E-state index contributed by atoms with van der Waals surface area (Å²) in [5, 5.41) is 3.22. The van der Waals surface area contributed by atoms with E-state index in [4.69, 9.17) is 10.2 Å². The highest BCUT2D eigenvalue weighted by molar-refractivity contribution is 7.88. The van der Waals surface area contributed by atoms with Crippen molar-refractivity contribution in [1.29, 1.82) is 0 Å². The van der Waals surface area contributed by atoms with Crippen LogP contribution in [0.15, 0.2) is 22.6 Å². The summed E-state index contributed by atoms with van der Waals surface area (Å²) >= 11 is 0. The van der Waals surface area contributed by atoms with Crippen LogP contribution in [-0.4, -0.2) is 43.1 Å². The van der Waals surface area contributed by atoms with Crippen LogP contribution in [0, 0.1) is 0 Å². The summed E-state index contributed by atoms with van der Waals surface area (Å²) in [4.78, 5) is 4.35. The standard InChI is InChI=1S/C13H18N4O3S/c1-21(18,19)17-6-4-10(5-7-17)15-13-16-11-8-9(14)2-3-12(11)20-13/h2-3,8,10H,4-7,14H2,1H3,(H,15,16). The molecule has 0 aliphatic carbocycles. The Hall–Kier alpha value is -1.80. The van der Waals surface area contributed by atoms with Gasteiger partial charge in [-0.3, -0.25) is 0 Å². The maximum absolute atomic E-state index is 11.5. The van der Waals surface area contributed by atoms with Crippen molar-refractivity contribution >= 4 is 32.8 Å². The summed E-state index contributed by atoms with van der Waals surface area (Å²) in [6.07, 6.45) is 2.70. The van der Waals surface area contributed by atoms with E-state index in [9.17, 15) is 8.42 Å². The first-order chi connectivity index (χ1) is 9.91. The number of oxazole rings is 1. The molecule has 114 valence electrons. The molecule has 8 heteroatoms. The van der Waals surface area contributed by atoms with Gasteiger partial charge in [-0.1, -0.05) is 0 Å². The summed E-state index contributed by atoms with van der Waals surface area (Å²) in [5.74, 6) is 0. The summed E-state index contributed by atoms with van der Waals surface area (Å²) in [6, 6.07) is 5.93. The zero-order valence-electron chi connectivity index (χ0n) is 11.7. The van der Waals surface area contributed by atoms with Crippen molar-refractivity contribution in [1.82, 2.24) is 9.29 Å².